The molecule has 1 fully saturated rings. The molecule has 1 saturated heterocycles. The second kappa shape index (κ2) is 9.20. The van der Waals surface area contributed by atoms with E-state index in [1.807, 2.05) is 0 Å². The van der Waals surface area contributed by atoms with E-state index in [0.29, 0.717) is 5.56 Å². The summed E-state index contributed by atoms with van der Waals surface area (Å²) in [4.78, 5) is 42.1. The molecule has 3 amide bonds. The van der Waals surface area contributed by atoms with Gasteiger partial charge in [0.15, 0.2) is 0 Å². The molecule has 0 aromatic heterocycles. The highest BCUT2D eigenvalue weighted by Crippen LogP contribution is 2.49. The van der Waals surface area contributed by atoms with Crippen LogP contribution in [0.25, 0.3) is 0 Å². The van der Waals surface area contributed by atoms with Crippen molar-refractivity contribution in [2.24, 2.45) is 5.16 Å². The number of imide groups is 1. The van der Waals surface area contributed by atoms with Crippen LogP contribution >= 0.6 is 11.6 Å². The lowest BCUT2D eigenvalue weighted by atomic mass is 9.85. The minimum atomic E-state index is -4.91. The van der Waals surface area contributed by atoms with Gasteiger partial charge in [0.25, 0.3) is 11.5 Å². The fourth-order valence-corrected chi connectivity index (χ4v) is 4.41. The summed E-state index contributed by atoms with van der Waals surface area (Å²) in [5.74, 6) is -1.79. The van der Waals surface area contributed by atoms with Crippen LogP contribution in [0.15, 0.2) is 41.6 Å². The van der Waals surface area contributed by atoms with Crippen LogP contribution in [0.1, 0.15) is 52.1 Å². The summed E-state index contributed by atoms with van der Waals surface area (Å²) in [6.45, 7) is 2.17. The number of halogens is 5. The lowest BCUT2D eigenvalue weighted by Crippen LogP contribution is -2.53. The number of alkyl halides is 4. The van der Waals surface area contributed by atoms with Crippen molar-refractivity contribution in [3.8, 4) is 0 Å². The Morgan fingerprint density at radius 1 is 1.17 bits per heavy atom. The Balaban J connectivity index is 1.63. The Kier molecular flexibility index (Phi) is 6.54. The number of rotatable bonds is 4. The van der Waals surface area contributed by atoms with Gasteiger partial charge in [-0.2, -0.15) is 13.2 Å². The first-order valence-corrected chi connectivity index (χ1v) is 11.2. The fraction of sp³-hybridized carbons (Fsp3) is 0.333. The second-order valence-corrected chi connectivity index (χ2v) is 9.12. The zero-order valence-corrected chi connectivity index (χ0v) is 19.8. The molecule has 1 N–H and O–H groups in total. The maximum Gasteiger partial charge on any atom is 0.435 e. The average molecular weight is 526 g/mol. The first-order valence-electron chi connectivity index (χ1n) is 10.8. The summed E-state index contributed by atoms with van der Waals surface area (Å²) >= 11 is 5.98. The normalized spacial score (nSPS) is 21.1. The SMILES string of the molecule is Cc1cc(C2=NOC(c3cc(Cl)cc(C(C)F)c3)(C(F)(F)F)C2)ccc1C(=O)N1CC(=O)NC(=O)C1. The average Bonchev–Trinajstić information content (AvgIpc) is 3.24. The summed E-state index contributed by atoms with van der Waals surface area (Å²) in [6.07, 6.45) is -7.17. The molecular formula is C24H20ClF4N3O4. The number of hydrogen-bond donors (Lipinski definition) is 1. The monoisotopic (exact) mass is 525 g/mol. The number of piperazine rings is 1. The molecule has 2 aliphatic heterocycles. The fourth-order valence-electron chi connectivity index (χ4n) is 4.17. The molecule has 190 valence electrons. The van der Waals surface area contributed by atoms with Crippen LogP contribution < -0.4 is 5.32 Å². The molecule has 2 heterocycles. The van der Waals surface area contributed by atoms with Crippen molar-refractivity contribution in [2.75, 3.05) is 13.1 Å². The smallest absolute Gasteiger partial charge is 0.374 e. The molecule has 2 unspecified atom stereocenters. The van der Waals surface area contributed by atoms with E-state index in [-0.39, 0.29) is 46.1 Å². The Morgan fingerprint density at radius 2 is 1.83 bits per heavy atom. The second-order valence-electron chi connectivity index (χ2n) is 8.68. The van der Waals surface area contributed by atoms with Crippen molar-refractivity contribution in [1.29, 1.82) is 0 Å². The van der Waals surface area contributed by atoms with Crippen LogP contribution in [0.3, 0.4) is 0 Å². The van der Waals surface area contributed by atoms with Gasteiger partial charge in [0.1, 0.15) is 19.3 Å². The predicted octanol–water partition coefficient (Wildman–Crippen LogP) is 4.36. The lowest BCUT2D eigenvalue weighted by Gasteiger charge is -2.30. The summed E-state index contributed by atoms with van der Waals surface area (Å²) in [5, 5.41) is 5.73. The predicted molar refractivity (Wildman–Crippen MR) is 121 cm³/mol. The number of amides is 3. The van der Waals surface area contributed by atoms with Gasteiger partial charge < -0.3 is 9.74 Å². The standard InChI is InChI=1S/C24H20ClF4N3O4/c1-12-5-14(3-4-18(12)22(35)32-10-20(33)30-21(34)11-32)19-9-23(36-31-19,24(27,28)29)16-6-15(13(2)26)7-17(25)8-16/h3-8,13H,9-11H2,1-2H3,(H,30,33,34). The van der Waals surface area contributed by atoms with Crippen LogP contribution in [0, 0.1) is 6.92 Å². The largest absolute Gasteiger partial charge is 0.435 e. The number of benzene rings is 2. The van der Waals surface area contributed by atoms with Gasteiger partial charge in [0.05, 0.1) is 5.71 Å². The maximum atomic E-state index is 14.3. The van der Waals surface area contributed by atoms with E-state index in [1.54, 1.807) is 6.92 Å². The zero-order valence-electron chi connectivity index (χ0n) is 19.1. The first kappa shape index (κ1) is 25.6. The molecule has 12 heteroatoms. The molecule has 2 aliphatic rings. The molecule has 0 saturated carbocycles. The van der Waals surface area contributed by atoms with Crippen LogP contribution in [0.4, 0.5) is 17.6 Å². The summed E-state index contributed by atoms with van der Waals surface area (Å²) < 4.78 is 56.9. The third-order valence-corrected chi connectivity index (χ3v) is 6.27. The van der Waals surface area contributed by atoms with E-state index in [2.05, 4.69) is 10.5 Å². The van der Waals surface area contributed by atoms with Crippen molar-refractivity contribution in [3.63, 3.8) is 0 Å². The quantitative estimate of drug-likeness (QED) is 0.474. The highest BCUT2D eigenvalue weighted by Gasteiger charge is 2.62. The van der Waals surface area contributed by atoms with E-state index < -0.39 is 42.1 Å². The minimum absolute atomic E-state index is 0.0261. The summed E-state index contributed by atoms with van der Waals surface area (Å²) in [6, 6.07) is 7.65. The third kappa shape index (κ3) is 4.67. The summed E-state index contributed by atoms with van der Waals surface area (Å²) in [5.41, 5.74) is -2.45. The highest BCUT2D eigenvalue weighted by atomic mass is 35.5. The molecular weight excluding hydrogens is 506 g/mol. The first-order chi connectivity index (χ1) is 16.8. The maximum absolute atomic E-state index is 14.3. The number of nitrogens with zero attached hydrogens (tertiary/aromatic N) is 2. The van der Waals surface area contributed by atoms with Crippen LogP contribution in [-0.2, 0) is 20.0 Å². The topological polar surface area (TPSA) is 88.1 Å². The molecule has 2 aromatic carbocycles. The Bertz CT molecular complexity index is 1280. The van der Waals surface area contributed by atoms with Gasteiger partial charge in [-0.3, -0.25) is 19.7 Å². The van der Waals surface area contributed by atoms with Gasteiger partial charge in [-0.15, -0.1) is 0 Å². The number of oxime groups is 1. The number of hydrogen-bond acceptors (Lipinski definition) is 5. The highest BCUT2D eigenvalue weighted by molar-refractivity contribution is 6.30. The van der Waals surface area contributed by atoms with Crippen molar-refractivity contribution in [3.05, 3.63) is 69.2 Å². The molecule has 0 radical (unpaired) electrons. The number of aryl methyl sites for hydroxylation is 1. The van der Waals surface area contributed by atoms with E-state index in [0.717, 1.165) is 17.0 Å². The van der Waals surface area contributed by atoms with Gasteiger partial charge in [-0.1, -0.05) is 22.8 Å². The zero-order chi connectivity index (χ0) is 26.4. The van der Waals surface area contributed by atoms with Gasteiger partial charge in [0.2, 0.25) is 11.8 Å². The molecule has 0 spiro atoms. The molecule has 0 bridgehead atoms. The Morgan fingerprint density at radius 3 is 2.42 bits per heavy atom. The Labute approximate surface area is 208 Å². The van der Waals surface area contributed by atoms with Crippen molar-refractivity contribution >= 4 is 35.0 Å². The van der Waals surface area contributed by atoms with Gasteiger partial charge >= 0.3 is 6.18 Å². The number of nitrogens with one attached hydrogen (secondary N) is 1. The molecule has 2 atom stereocenters. The number of carbonyl (C=O) groups excluding carboxylic acids is 3. The van der Waals surface area contributed by atoms with E-state index in [1.165, 1.54) is 31.2 Å². The Hall–Kier alpha value is -3.47. The lowest BCUT2D eigenvalue weighted by molar-refractivity contribution is -0.275. The number of carbonyl (C=O) groups is 3. The van der Waals surface area contributed by atoms with Crippen molar-refractivity contribution in [2.45, 2.75) is 38.2 Å². The van der Waals surface area contributed by atoms with Crippen LogP contribution in [0.2, 0.25) is 5.02 Å². The van der Waals surface area contributed by atoms with E-state index in [9.17, 15) is 31.9 Å². The van der Waals surface area contributed by atoms with Crippen molar-refractivity contribution in [1.82, 2.24) is 10.2 Å². The van der Waals surface area contributed by atoms with Gasteiger partial charge in [-0.25, -0.2) is 4.39 Å². The van der Waals surface area contributed by atoms with E-state index >= 15 is 0 Å². The minimum Gasteiger partial charge on any atom is -0.374 e. The molecule has 36 heavy (non-hydrogen) atoms. The van der Waals surface area contributed by atoms with Gasteiger partial charge in [-0.05, 0) is 60.9 Å². The molecule has 0 aliphatic carbocycles. The summed E-state index contributed by atoms with van der Waals surface area (Å²) in [7, 11) is 0. The van der Waals surface area contributed by atoms with Crippen molar-refractivity contribution < 1.29 is 36.8 Å². The van der Waals surface area contributed by atoms with E-state index in [4.69, 9.17) is 16.4 Å². The van der Waals surface area contributed by atoms with Crippen LogP contribution in [0.5, 0.6) is 0 Å². The van der Waals surface area contributed by atoms with Crippen LogP contribution in [-0.4, -0.2) is 47.6 Å². The van der Waals surface area contributed by atoms with Gasteiger partial charge in [0, 0.05) is 22.6 Å². The third-order valence-electron chi connectivity index (χ3n) is 6.06. The molecule has 2 aromatic rings. The molecule has 4 rings (SSSR count). The molecule has 7 nitrogen and oxygen atoms in total.